The van der Waals surface area contributed by atoms with Crippen molar-refractivity contribution in [3.63, 3.8) is 0 Å². The normalized spacial score (nSPS) is 12.3. The van der Waals surface area contributed by atoms with Gasteiger partial charge in [0.15, 0.2) is 0 Å². The number of carboxylic acids is 1. The average molecular weight is 277 g/mol. The number of thiazole rings is 1. The van der Waals surface area contributed by atoms with Crippen LogP contribution in [0.15, 0.2) is 30.3 Å². The molecule has 1 unspecified atom stereocenters. The van der Waals surface area contributed by atoms with Gasteiger partial charge in [0.1, 0.15) is 16.0 Å². The summed E-state index contributed by atoms with van der Waals surface area (Å²) in [6.45, 7) is 4.35. The number of benzene rings is 1. The second-order valence-corrected chi connectivity index (χ2v) is 5.03. The SMILES string of the molecule is CCOC(C)c1nc(-c2ccccc2)c(C(=O)O)s1. The van der Waals surface area contributed by atoms with Gasteiger partial charge < -0.3 is 9.84 Å². The van der Waals surface area contributed by atoms with Crippen LogP contribution in [0.5, 0.6) is 0 Å². The molecule has 2 rings (SSSR count). The smallest absolute Gasteiger partial charge is 0.348 e. The second-order valence-electron chi connectivity index (χ2n) is 4.00. The highest BCUT2D eigenvalue weighted by Crippen LogP contribution is 2.32. The third-order valence-corrected chi connectivity index (χ3v) is 3.85. The van der Waals surface area contributed by atoms with E-state index in [9.17, 15) is 9.90 Å². The van der Waals surface area contributed by atoms with Crippen LogP contribution in [0, 0.1) is 0 Å². The minimum Gasteiger partial charge on any atom is -0.477 e. The molecule has 1 heterocycles. The number of hydrogen-bond donors (Lipinski definition) is 1. The van der Waals surface area contributed by atoms with Crippen molar-refractivity contribution in [1.82, 2.24) is 4.98 Å². The molecule has 0 bridgehead atoms. The topological polar surface area (TPSA) is 59.4 Å². The first-order valence-corrected chi connectivity index (χ1v) is 6.86. The molecule has 0 aliphatic carbocycles. The van der Waals surface area contributed by atoms with E-state index in [2.05, 4.69) is 4.98 Å². The van der Waals surface area contributed by atoms with Crippen molar-refractivity contribution in [2.75, 3.05) is 6.61 Å². The minimum atomic E-state index is -0.952. The molecule has 4 nitrogen and oxygen atoms in total. The molecule has 1 atom stereocenters. The highest BCUT2D eigenvalue weighted by molar-refractivity contribution is 7.14. The fourth-order valence-electron chi connectivity index (χ4n) is 1.77. The van der Waals surface area contributed by atoms with Gasteiger partial charge in [0.2, 0.25) is 0 Å². The minimum absolute atomic E-state index is 0.189. The Morgan fingerprint density at radius 3 is 2.68 bits per heavy atom. The van der Waals surface area contributed by atoms with Gasteiger partial charge in [-0.15, -0.1) is 11.3 Å². The van der Waals surface area contributed by atoms with E-state index in [1.807, 2.05) is 44.2 Å². The van der Waals surface area contributed by atoms with Gasteiger partial charge >= 0.3 is 5.97 Å². The largest absolute Gasteiger partial charge is 0.477 e. The van der Waals surface area contributed by atoms with E-state index in [0.717, 1.165) is 5.56 Å². The molecule has 0 aliphatic heterocycles. The highest BCUT2D eigenvalue weighted by atomic mass is 32.1. The van der Waals surface area contributed by atoms with Crippen LogP contribution < -0.4 is 0 Å². The van der Waals surface area contributed by atoms with Gasteiger partial charge in [0, 0.05) is 12.2 Å². The molecule has 0 fully saturated rings. The number of nitrogens with zero attached hydrogens (tertiary/aromatic N) is 1. The van der Waals surface area contributed by atoms with Gasteiger partial charge in [0.05, 0.1) is 5.69 Å². The van der Waals surface area contributed by atoms with Gasteiger partial charge in [-0.25, -0.2) is 9.78 Å². The number of rotatable bonds is 5. The molecular formula is C14H15NO3S. The third-order valence-electron chi connectivity index (χ3n) is 2.65. The molecule has 0 spiro atoms. The lowest BCUT2D eigenvalue weighted by Gasteiger charge is -2.06. The number of carbonyl (C=O) groups is 1. The molecule has 0 amide bonds. The number of carboxylic acid groups (broad SMARTS) is 1. The maximum atomic E-state index is 11.3. The zero-order valence-electron chi connectivity index (χ0n) is 10.8. The van der Waals surface area contributed by atoms with Crippen molar-refractivity contribution in [3.8, 4) is 11.3 Å². The Balaban J connectivity index is 2.45. The number of ether oxygens (including phenoxy) is 1. The van der Waals surface area contributed by atoms with Gasteiger partial charge in [-0.1, -0.05) is 30.3 Å². The molecule has 1 aromatic carbocycles. The average Bonchev–Trinajstić information content (AvgIpc) is 2.85. The van der Waals surface area contributed by atoms with Crippen LogP contribution >= 0.6 is 11.3 Å². The van der Waals surface area contributed by atoms with Crippen LogP contribution in [0.25, 0.3) is 11.3 Å². The van der Waals surface area contributed by atoms with Gasteiger partial charge in [-0.3, -0.25) is 0 Å². The van der Waals surface area contributed by atoms with Crippen molar-refractivity contribution in [1.29, 1.82) is 0 Å². The summed E-state index contributed by atoms with van der Waals surface area (Å²) in [5.41, 5.74) is 1.32. The van der Waals surface area contributed by atoms with E-state index >= 15 is 0 Å². The Morgan fingerprint density at radius 2 is 2.11 bits per heavy atom. The van der Waals surface area contributed by atoms with Crippen LogP contribution in [-0.4, -0.2) is 22.7 Å². The monoisotopic (exact) mass is 277 g/mol. The van der Waals surface area contributed by atoms with E-state index in [0.29, 0.717) is 17.3 Å². The van der Waals surface area contributed by atoms with E-state index in [4.69, 9.17) is 4.74 Å². The molecule has 5 heteroatoms. The lowest BCUT2D eigenvalue weighted by molar-refractivity contribution is 0.0702. The van der Waals surface area contributed by atoms with Crippen molar-refractivity contribution in [3.05, 3.63) is 40.2 Å². The summed E-state index contributed by atoms with van der Waals surface area (Å²) < 4.78 is 5.47. The van der Waals surface area contributed by atoms with E-state index in [1.54, 1.807) is 0 Å². The Kier molecular flexibility index (Phi) is 4.29. The van der Waals surface area contributed by atoms with Crippen molar-refractivity contribution in [2.24, 2.45) is 0 Å². The lowest BCUT2D eigenvalue weighted by Crippen LogP contribution is -1.98. The first kappa shape index (κ1) is 13.7. The number of aromatic nitrogens is 1. The van der Waals surface area contributed by atoms with Crippen molar-refractivity contribution >= 4 is 17.3 Å². The maximum Gasteiger partial charge on any atom is 0.348 e. The molecule has 1 aromatic heterocycles. The van der Waals surface area contributed by atoms with E-state index < -0.39 is 5.97 Å². The van der Waals surface area contributed by atoms with Crippen molar-refractivity contribution < 1.29 is 14.6 Å². The molecule has 0 radical (unpaired) electrons. The summed E-state index contributed by atoms with van der Waals surface area (Å²) in [5, 5.41) is 9.97. The second kappa shape index (κ2) is 5.95. The Morgan fingerprint density at radius 1 is 1.42 bits per heavy atom. The van der Waals surface area contributed by atoms with Crippen LogP contribution in [0.3, 0.4) is 0 Å². The maximum absolute atomic E-state index is 11.3. The van der Waals surface area contributed by atoms with Gasteiger partial charge in [-0.2, -0.15) is 0 Å². The van der Waals surface area contributed by atoms with Crippen LogP contribution in [0.1, 0.15) is 34.6 Å². The first-order chi connectivity index (χ1) is 9.13. The summed E-state index contributed by atoms with van der Waals surface area (Å²) in [6, 6.07) is 9.34. The Labute approximate surface area is 115 Å². The molecule has 1 N–H and O–H groups in total. The van der Waals surface area contributed by atoms with Gasteiger partial charge in [0.25, 0.3) is 0 Å². The lowest BCUT2D eigenvalue weighted by atomic mass is 10.1. The molecule has 0 saturated heterocycles. The fraction of sp³-hybridized carbons (Fsp3) is 0.286. The predicted octanol–water partition coefficient (Wildman–Crippen LogP) is 3.61. The summed E-state index contributed by atoms with van der Waals surface area (Å²) in [6.07, 6.45) is -0.189. The van der Waals surface area contributed by atoms with Crippen LogP contribution in [0.2, 0.25) is 0 Å². The Hall–Kier alpha value is -1.72. The molecule has 100 valence electrons. The molecule has 0 saturated carbocycles. The number of hydrogen-bond acceptors (Lipinski definition) is 4. The fourth-order valence-corrected chi connectivity index (χ4v) is 2.70. The summed E-state index contributed by atoms with van der Waals surface area (Å²) in [4.78, 5) is 16.0. The molecule has 2 aromatic rings. The van der Waals surface area contributed by atoms with Crippen LogP contribution in [0.4, 0.5) is 0 Å². The van der Waals surface area contributed by atoms with E-state index in [1.165, 1.54) is 11.3 Å². The number of aromatic carboxylic acids is 1. The third kappa shape index (κ3) is 3.00. The van der Waals surface area contributed by atoms with E-state index in [-0.39, 0.29) is 11.0 Å². The summed E-state index contributed by atoms with van der Waals surface area (Å²) in [7, 11) is 0. The standard InChI is InChI=1S/C14H15NO3S/c1-3-18-9(2)13-15-11(12(19-13)14(16)17)10-7-5-4-6-8-10/h4-9H,3H2,1-2H3,(H,16,17). The van der Waals surface area contributed by atoms with Crippen LogP contribution in [-0.2, 0) is 4.74 Å². The summed E-state index contributed by atoms with van der Waals surface area (Å²) in [5.74, 6) is -0.952. The summed E-state index contributed by atoms with van der Waals surface area (Å²) >= 11 is 1.17. The quantitative estimate of drug-likeness (QED) is 0.907. The molecule has 0 aliphatic rings. The highest BCUT2D eigenvalue weighted by Gasteiger charge is 2.21. The van der Waals surface area contributed by atoms with Gasteiger partial charge in [-0.05, 0) is 13.8 Å². The van der Waals surface area contributed by atoms with Crippen molar-refractivity contribution in [2.45, 2.75) is 20.0 Å². The molecule has 19 heavy (non-hydrogen) atoms. The first-order valence-electron chi connectivity index (χ1n) is 6.04. The zero-order valence-corrected chi connectivity index (χ0v) is 11.6. The zero-order chi connectivity index (χ0) is 13.8. The predicted molar refractivity (Wildman–Crippen MR) is 74.6 cm³/mol. The Bertz CT molecular complexity index is 565. The molecular weight excluding hydrogens is 262 g/mol.